The molecule has 5 rings (SSSR count). The van der Waals surface area contributed by atoms with Crippen LogP contribution in [0.25, 0.3) is 11.0 Å². The van der Waals surface area contributed by atoms with Gasteiger partial charge in [-0.2, -0.15) is 0 Å². The molecule has 0 bridgehead atoms. The largest absolute Gasteiger partial charge is 0.345 e. The van der Waals surface area contributed by atoms with E-state index in [9.17, 15) is 9.59 Å². The fourth-order valence-electron chi connectivity index (χ4n) is 5.00. The third-order valence-corrected chi connectivity index (χ3v) is 6.63. The Morgan fingerprint density at radius 2 is 1.69 bits per heavy atom. The number of H-pyrrole nitrogens is 1. The van der Waals surface area contributed by atoms with Gasteiger partial charge >= 0.3 is 0 Å². The van der Waals surface area contributed by atoms with E-state index < -0.39 is 5.91 Å². The van der Waals surface area contributed by atoms with Gasteiger partial charge in [0.1, 0.15) is 0 Å². The van der Waals surface area contributed by atoms with Crippen molar-refractivity contribution in [2.24, 2.45) is 5.92 Å². The van der Waals surface area contributed by atoms with Crippen molar-refractivity contribution >= 4 is 28.4 Å². The number of benzene rings is 2. The molecule has 2 heterocycles. The summed E-state index contributed by atoms with van der Waals surface area (Å²) < 4.78 is 0. The van der Waals surface area contributed by atoms with Crippen LogP contribution >= 0.6 is 0 Å². The van der Waals surface area contributed by atoms with Gasteiger partial charge in [0, 0.05) is 11.6 Å². The van der Waals surface area contributed by atoms with Crippen LogP contribution in [-0.2, 0) is 9.59 Å². The van der Waals surface area contributed by atoms with Crippen LogP contribution in [0.15, 0.2) is 48.8 Å². The quantitative estimate of drug-likeness (QED) is 0.650. The number of fused-ring (bicyclic) bond motifs is 1. The van der Waals surface area contributed by atoms with Gasteiger partial charge in [0.25, 0.3) is 5.91 Å². The van der Waals surface area contributed by atoms with Crippen LogP contribution in [-0.4, -0.2) is 21.7 Å². The molecule has 148 valence electrons. The van der Waals surface area contributed by atoms with Gasteiger partial charge in [0.2, 0.25) is 5.78 Å². The van der Waals surface area contributed by atoms with E-state index in [0.717, 1.165) is 22.3 Å². The lowest BCUT2D eigenvalue weighted by molar-refractivity contribution is -0.135. The molecule has 2 aromatic carbocycles. The lowest BCUT2D eigenvalue weighted by Gasteiger charge is -2.27. The summed E-state index contributed by atoms with van der Waals surface area (Å²) >= 11 is 0. The molecule has 5 nitrogen and oxygen atoms in total. The van der Waals surface area contributed by atoms with Gasteiger partial charge in [0.05, 0.1) is 23.4 Å². The van der Waals surface area contributed by atoms with Crippen LogP contribution in [0.3, 0.4) is 0 Å². The fourth-order valence-corrected chi connectivity index (χ4v) is 5.00. The molecule has 0 spiro atoms. The van der Waals surface area contributed by atoms with Crippen LogP contribution in [0.2, 0.25) is 0 Å². The number of carbonyl (C=O) groups is 2. The number of rotatable bonds is 3. The van der Waals surface area contributed by atoms with Crippen LogP contribution in [0.4, 0.5) is 5.69 Å². The normalized spacial score (nSPS) is 23.3. The topological polar surface area (TPSA) is 66.1 Å². The summed E-state index contributed by atoms with van der Waals surface area (Å²) in [6.07, 6.45) is 8.10. The Morgan fingerprint density at radius 3 is 2.45 bits per heavy atom. The second kappa shape index (κ2) is 7.14. The van der Waals surface area contributed by atoms with Crippen molar-refractivity contribution in [2.45, 2.75) is 51.0 Å². The predicted octanol–water partition coefficient (Wildman–Crippen LogP) is 4.90. The first-order chi connectivity index (χ1) is 14.1. The Morgan fingerprint density at radius 1 is 0.966 bits per heavy atom. The van der Waals surface area contributed by atoms with E-state index >= 15 is 0 Å². The zero-order valence-corrected chi connectivity index (χ0v) is 16.6. The molecular weight excluding hydrogens is 362 g/mol. The molecule has 1 saturated heterocycles. The van der Waals surface area contributed by atoms with Crippen LogP contribution in [0.1, 0.15) is 62.1 Å². The zero-order valence-electron chi connectivity index (χ0n) is 16.6. The molecule has 0 radical (unpaired) electrons. The smallest absolute Gasteiger partial charge is 0.295 e. The number of hydrogen-bond acceptors (Lipinski definition) is 3. The maximum atomic E-state index is 12.8. The van der Waals surface area contributed by atoms with E-state index in [1.54, 1.807) is 11.2 Å². The molecule has 2 unspecified atom stereocenters. The molecule has 5 heteroatoms. The average Bonchev–Trinajstić information content (AvgIpc) is 3.32. The van der Waals surface area contributed by atoms with Crippen molar-refractivity contribution in [3.05, 3.63) is 59.9 Å². The maximum absolute atomic E-state index is 12.8. The number of ketones is 1. The summed E-state index contributed by atoms with van der Waals surface area (Å²) in [6, 6.07) is 14.0. The fraction of sp³-hybridized carbons (Fsp3) is 0.375. The van der Waals surface area contributed by atoms with Crippen molar-refractivity contribution in [3.8, 4) is 0 Å². The molecule has 1 aromatic heterocycles. The van der Waals surface area contributed by atoms with Crippen molar-refractivity contribution < 1.29 is 9.59 Å². The molecule has 3 aromatic rings. The summed E-state index contributed by atoms with van der Waals surface area (Å²) in [7, 11) is 0. The third kappa shape index (κ3) is 3.05. The number of aromatic amines is 1. The third-order valence-electron chi connectivity index (χ3n) is 6.63. The second-order valence-corrected chi connectivity index (χ2v) is 8.38. The maximum Gasteiger partial charge on any atom is 0.295 e. The van der Waals surface area contributed by atoms with E-state index in [1.165, 1.54) is 37.7 Å². The summed E-state index contributed by atoms with van der Waals surface area (Å²) in [4.78, 5) is 34.4. The van der Waals surface area contributed by atoms with E-state index in [1.807, 2.05) is 25.1 Å². The molecule has 1 N–H and O–H groups in total. The molecule has 2 aliphatic rings. The molecule has 2 fully saturated rings. The molecular formula is C24H25N3O2. The molecule has 1 amide bonds. The van der Waals surface area contributed by atoms with Gasteiger partial charge in [0.15, 0.2) is 0 Å². The van der Waals surface area contributed by atoms with Gasteiger partial charge < -0.3 is 4.98 Å². The van der Waals surface area contributed by atoms with Crippen LogP contribution < -0.4 is 4.90 Å². The summed E-state index contributed by atoms with van der Waals surface area (Å²) in [5, 5.41) is 0. The van der Waals surface area contributed by atoms with Crippen molar-refractivity contribution in [3.63, 3.8) is 0 Å². The SMILES string of the molecule is CC1C(=O)C(=O)N(c2ccc3nc[nH]c3c2)C1c1ccc(C2CCCCC2)cc1. The van der Waals surface area contributed by atoms with Gasteiger partial charge in [-0.1, -0.05) is 50.5 Å². The Labute approximate surface area is 170 Å². The van der Waals surface area contributed by atoms with Gasteiger partial charge in [-0.25, -0.2) is 4.98 Å². The summed E-state index contributed by atoms with van der Waals surface area (Å²) in [5.41, 5.74) is 4.82. The zero-order chi connectivity index (χ0) is 20.0. The Balaban J connectivity index is 1.50. The van der Waals surface area contributed by atoms with Gasteiger partial charge in [-0.15, -0.1) is 0 Å². The van der Waals surface area contributed by atoms with Gasteiger partial charge in [-0.05, 0) is 48.1 Å². The lowest BCUT2D eigenvalue weighted by atomic mass is 9.83. The van der Waals surface area contributed by atoms with E-state index in [-0.39, 0.29) is 17.7 Å². The average molecular weight is 387 g/mol. The summed E-state index contributed by atoms with van der Waals surface area (Å²) in [6.45, 7) is 1.86. The first kappa shape index (κ1) is 18.1. The minimum atomic E-state index is -0.433. The highest BCUT2D eigenvalue weighted by atomic mass is 16.2. The number of hydrogen-bond donors (Lipinski definition) is 1. The number of nitrogens with zero attached hydrogens (tertiary/aromatic N) is 2. The Bertz CT molecular complexity index is 1060. The number of imidazole rings is 1. The van der Waals surface area contributed by atoms with E-state index in [4.69, 9.17) is 0 Å². The van der Waals surface area contributed by atoms with Crippen LogP contribution in [0.5, 0.6) is 0 Å². The first-order valence-electron chi connectivity index (χ1n) is 10.5. The van der Waals surface area contributed by atoms with Crippen molar-refractivity contribution in [1.82, 2.24) is 9.97 Å². The first-order valence-corrected chi connectivity index (χ1v) is 10.5. The standard InChI is InChI=1S/C24H25N3O2/c1-15-22(18-9-7-17(8-10-18)16-5-3-2-4-6-16)27(24(29)23(15)28)19-11-12-20-21(13-19)26-14-25-20/h7-16,22H,2-6H2,1H3,(H,25,26). The highest BCUT2D eigenvalue weighted by Crippen LogP contribution is 2.41. The highest BCUT2D eigenvalue weighted by Gasteiger charge is 2.46. The van der Waals surface area contributed by atoms with Gasteiger partial charge in [-0.3, -0.25) is 14.5 Å². The minimum absolute atomic E-state index is 0.282. The Kier molecular flexibility index (Phi) is 4.46. The monoisotopic (exact) mass is 387 g/mol. The molecule has 1 saturated carbocycles. The Hall–Kier alpha value is -2.95. The number of nitrogens with one attached hydrogen (secondary N) is 1. The second-order valence-electron chi connectivity index (χ2n) is 8.38. The van der Waals surface area contributed by atoms with Crippen molar-refractivity contribution in [2.75, 3.05) is 4.90 Å². The molecule has 1 aliphatic heterocycles. The lowest BCUT2D eigenvalue weighted by Crippen LogP contribution is -2.29. The van der Waals surface area contributed by atoms with E-state index in [2.05, 4.69) is 34.2 Å². The van der Waals surface area contributed by atoms with E-state index in [0.29, 0.717) is 5.92 Å². The molecule has 29 heavy (non-hydrogen) atoms. The number of amides is 1. The molecule has 2 atom stereocenters. The molecule has 1 aliphatic carbocycles. The van der Waals surface area contributed by atoms with Crippen LogP contribution in [0, 0.1) is 5.92 Å². The number of aromatic nitrogens is 2. The number of carbonyl (C=O) groups excluding carboxylic acids is 2. The number of Topliss-reactive ketones (excluding diaryl/α,β-unsaturated/α-hetero) is 1. The number of anilines is 1. The highest BCUT2D eigenvalue weighted by molar-refractivity contribution is 6.44. The van der Waals surface area contributed by atoms with Crippen molar-refractivity contribution in [1.29, 1.82) is 0 Å². The summed E-state index contributed by atoms with van der Waals surface area (Å²) in [5.74, 6) is -0.491. The predicted molar refractivity (Wildman–Crippen MR) is 113 cm³/mol. The minimum Gasteiger partial charge on any atom is -0.345 e.